The second-order valence-electron chi connectivity index (χ2n) is 7.80. The highest BCUT2D eigenvalue weighted by molar-refractivity contribution is 7.15. The van der Waals surface area contributed by atoms with Crippen molar-refractivity contribution >= 4 is 28.0 Å². The maximum atomic E-state index is 13.1. The summed E-state index contributed by atoms with van der Waals surface area (Å²) in [5.41, 5.74) is 6.18. The number of urea groups is 1. The fourth-order valence-electron chi connectivity index (χ4n) is 3.72. The molecule has 2 heterocycles. The van der Waals surface area contributed by atoms with Gasteiger partial charge in [-0.1, -0.05) is 48.5 Å². The number of para-hydroxylation sites is 1. The van der Waals surface area contributed by atoms with Crippen LogP contribution in [0.15, 0.2) is 60.1 Å². The van der Waals surface area contributed by atoms with Crippen LogP contribution in [-0.2, 0) is 11.2 Å². The van der Waals surface area contributed by atoms with Crippen LogP contribution in [0.2, 0.25) is 0 Å². The number of carbonyl (C=O) groups excluding carboxylic acids is 1. The third-order valence-corrected chi connectivity index (χ3v) is 6.45. The summed E-state index contributed by atoms with van der Waals surface area (Å²) in [6.07, 6.45) is 2.81. The molecule has 0 fully saturated rings. The minimum absolute atomic E-state index is 0.110. The third kappa shape index (κ3) is 4.84. The number of thiazole rings is 1. The summed E-state index contributed by atoms with van der Waals surface area (Å²) in [4.78, 5) is 20.6. The van der Waals surface area contributed by atoms with Gasteiger partial charge in [-0.05, 0) is 25.0 Å². The van der Waals surface area contributed by atoms with Crippen LogP contribution in [0.3, 0.4) is 0 Å². The highest BCUT2D eigenvalue weighted by Gasteiger charge is 2.17. The van der Waals surface area contributed by atoms with E-state index in [-0.39, 0.29) is 6.03 Å². The van der Waals surface area contributed by atoms with Gasteiger partial charge in [0.05, 0.1) is 12.3 Å². The molecule has 0 spiro atoms. The largest absolute Gasteiger partial charge is 0.383 e. The van der Waals surface area contributed by atoms with Crippen LogP contribution in [0.4, 0.5) is 10.5 Å². The summed E-state index contributed by atoms with van der Waals surface area (Å²) in [5, 5.41) is 5.22. The van der Waals surface area contributed by atoms with E-state index in [2.05, 4.69) is 33.4 Å². The molecule has 0 aliphatic heterocycles. The molecule has 0 saturated carbocycles. The van der Waals surface area contributed by atoms with Crippen LogP contribution >= 0.6 is 11.3 Å². The summed E-state index contributed by atoms with van der Waals surface area (Å²) < 4.78 is 7.37. The van der Waals surface area contributed by atoms with Gasteiger partial charge in [-0.15, -0.1) is 11.3 Å². The molecular formula is C25H28N4O2S. The maximum Gasteiger partial charge on any atom is 0.321 e. The second-order valence-corrected chi connectivity index (χ2v) is 8.64. The highest BCUT2D eigenvalue weighted by Crippen LogP contribution is 2.24. The van der Waals surface area contributed by atoms with Crippen LogP contribution in [0, 0.1) is 13.8 Å². The number of imidazole rings is 1. The van der Waals surface area contributed by atoms with Crippen LogP contribution in [0.1, 0.15) is 16.8 Å². The van der Waals surface area contributed by atoms with E-state index in [9.17, 15) is 4.79 Å². The number of hydrogen-bond acceptors (Lipinski definition) is 4. The van der Waals surface area contributed by atoms with Crippen LogP contribution in [0.25, 0.3) is 16.2 Å². The van der Waals surface area contributed by atoms with Crippen molar-refractivity contribution in [2.75, 3.05) is 32.1 Å². The SMILES string of the molecule is COCCN(CCc1csc2nc(-c3ccccc3)cn12)C(=O)Nc1c(C)cccc1C. The molecule has 0 aliphatic rings. The Balaban J connectivity index is 1.49. The van der Waals surface area contributed by atoms with Gasteiger partial charge in [0.15, 0.2) is 4.96 Å². The number of amides is 2. The summed E-state index contributed by atoms with van der Waals surface area (Å²) in [6, 6.07) is 16.1. The second kappa shape index (κ2) is 9.97. The monoisotopic (exact) mass is 448 g/mol. The average molecular weight is 449 g/mol. The molecule has 0 atom stereocenters. The molecule has 0 aliphatic carbocycles. The number of aryl methyl sites for hydroxylation is 2. The Labute approximate surface area is 192 Å². The normalized spacial score (nSPS) is 11.1. The first-order valence-electron chi connectivity index (χ1n) is 10.7. The average Bonchev–Trinajstić information content (AvgIpc) is 3.38. The molecule has 7 heteroatoms. The van der Waals surface area contributed by atoms with Gasteiger partial charge >= 0.3 is 6.03 Å². The Morgan fingerprint density at radius 3 is 2.56 bits per heavy atom. The lowest BCUT2D eigenvalue weighted by molar-refractivity contribution is 0.155. The lowest BCUT2D eigenvalue weighted by Gasteiger charge is -2.24. The van der Waals surface area contributed by atoms with Gasteiger partial charge in [0, 0.05) is 55.1 Å². The zero-order valence-corrected chi connectivity index (χ0v) is 19.5. The number of anilines is 1. The quantitative estimate of drug-likeness (QED) is 0.392. The fraction of sp³-hybridized carbons (Fsp3) is 0.280. The molecule has 2 aromatic heterocycles. The third-order valence-electron chi connectivity index (χ3n) is 5.56. The van der Waals surface area contributed by atoms with E-state index in [1.807, 2.05) is 55.1 Å². The fourth-order valence-corrected chi connectivity index (χ4v) is 4.63. The van der Waals surface area contributed by atoms with Crippen LogP contribution < -0.4 is 5.32 Å². The summed E-state index contributed by atoms with van der Waals surface area (Å²) in [6.45, 7) is 5.62. The number of ether oxygens (including phenoxy) is 1. The number of hydrogen-bond donors (Lipinski definition) is 1. The van der Waals surface area contributed by atoms with Crippen molar-refractivity contribution < 1.29 is 9.53 Å². The van der Waals surface area contributed by atoms with Gasteiger partial charge < -0.3 is 15.0 Å². The van der Waals surface area contributed by atoms with Crippen molar-refractivity contribution in [3.05, 3.63) is 76.9 Å². The van der Waals surface area contributed by atoms with Crippen molar-refractivity contribution in [3.63, 3.8) is 0 Å². The van der Waals surface area contributed by atoms with E-state index in [1.54, 1.807) is 18.4 Å². The smallest absolute Gasteiger partial charge is 0.321 e. The number of rotatable bonds is 8. The van der Waals surface area contributed by atoms with E-state index < -0.39 is 0 Å². The predicted molar refractivity (Wildman–Crippen MR) is 131 cm³/mol. The van der Waals surface area contributed by atoms with Crippen molar-refractivity contribution in [1.29, 1.82) is 0 Å². The van der Waals surface area contributed by atoms with Crippen molar-refractivity contribution in [2.24, 2.45) is 0 Å². The lowest BCUT2D eigenvalue weighted by Crippen LogP contribution is -2.39. The number of nitrogens with zero attached hydrogens (tertiary/aromatic N) is 3. The van der Waals surface area contributed by atoms with Gasteiger partial charge in [0.25, 0.3) is 0 Å². The molecule has 0 saturated heterocycles. The molecule has 0 radical (unpaired) electrons. The van der Waals surface area contributed by atoms with E-state index in [4.69, 9.17) is 9.72 Å². The Morgan fingerprint density at radius 2 is 1.84 bits per heavy atom. The van der Waals surface area contributed by atoms with Gasteiger partial charge in [0.2, 0.25) is 0 Å². The van der Waals surface area contributed by atoms with Crippen LogP contribution in [0.5, 0.6) is 0 Å². The topological polar surface area (TPSA) is 58.9 Å². The highest BCUT2D eigenvalue weighted by atomic mass is 32.1. The standard InChI is InChI=1S/C25H28N4O2S/c1-18-8-7-9-19(2)23(18)27-24(30)28(14-15-31-3)13-12-21-17-32-25-26-22(16-29(21)25)20-10-5-4-6-11-20/h4-11,16-17H,12-15H2,1-3H3,(H,27,30). The number of carbonyl (C=O) groups is 1. The molecular weight excluding hydrogens is 420 g/mol. The molecule has 2 amide bonds. The zero-order valence-electron chi connectivity index (χ0n) is 18.7. The Hall–Kier alpha value is -3.16. The van der Waals surface area contributed by atoms with Crippen molar-refractivity contribution in [2.45, 2.75) is 20.3 Å². The zero-order chi connectivity index (χ0) is 22.5. The van der Waals surface area contributed by atoms with Crippen LogP contribution in [-0.4, -0.2) is 47.1 Å². The first-order chi connectivity index (χ1) is 15.6. The Morgan fingerprint density at radius 1 is 1.09 bits per heavy atom. The van der Waals surface area contributed by atoms with E-state index in [0.717, 1.165) is 45.1 Å². The maximum absolute atomic E-state index is 13.1. The van der Waals surface area contributed by atoms with Gasteiger partial charge in [0.1, 0.15) is 0 Å². The number of fused-ring (bicyclic) bond motifs is 1. The van der Waals surface area contributed by atoms with Crippen molar-refractivity contribution in [3.8, 4) is 11.3 Å². The first-order valence-corrected chi connectivity index (χ1v) is 11.6. The van der Waals surface area contributed by atoms with E-state index >= 15 is 0 Å². The van der Waals surface area contributed by atoms with Crippen molar-refractivity contribution in [1.82, 2.24) is 14.3 Å². The molecule has 32 heavy (non-hydrogen) atoms. The molecule has 4 rings (SSSR count). The molecule has 0 bridgehead atoms. The van der Waals surface area contributed by atoms with Gasteiger partial charge in [-0.25, -0.2) is 9.78 Å². The minimum atomic E-state index is -0.110. The number of nitrogens with one attached hydrogen (secondary N) is 1. The predicted octanol–water partition coefficient (Wildman–Crippen LogP) is 5.40. The summed E-state index contributed by atoms with van der Waals surface area (Å²) >= 11 is 1.62. The van der Waals surface area contributed by atoms with E-state index in [0.29, 0.717) is 19.7 Å². The number of methoxy groups -OCH3 is 1. The number of benzene rings is 2. The Bertz CT molecular complexity index is 1180. The minimum Gasteiger partial charge on any atom is -0.383 e. The molecule has 6 nitrogen and oxygen atoms in total. The molecule has 0 unspecified atom stereocenters. The summed E-state index contributed by atoms with van der Waals surface area (Å²) in [7, 11) is 1.65. The van der Waals surface area contributed by atoms with E-state index in [1.165, 1.54) is 0 Å². The Kier molecular flexibility index (Phi) is 6.87. The molecule has 4 aromatic rings. The van der Waals surface area contributed by atoms with Gasteiger partial charge in [-0.2, -0.15) is 0 Å². The van der Waals surface area contributed by atoms with Gasteiger partial charge in [-0.3, -0.25) is 4.40 Å². The molecule has 2 aromatic carbocycles. The molecule has 166 valence electrons. The summed E-state index contributed by atoms with van der Waals surface area (Å²) in [5.74, 6) is 0. The number of aromatic nitrogens is 2. The molecule has 1 N–H and O–H groups in total. The lowest BCUT2D eigenvalue weighted by atomic mass is 10.1. The first kappa shape index (κ1) is 22.0.